The second-order valence-electron chi connectivity index (χ2n) is 3.27. The van der Waals surface area contributed by atoms with E-state index in [1.807, 2.05) is 10.9 Å². The topological polar surface area (TPSA) is 21.1 Å². The Morgan fingerprint density at radius 2 is 2.25 bits per heavy atom. The minimum absolute atomic E-state index is 0.979. The summed E-state index contributed by atoms with van der Waals surface area (Å²) in [6, 6.07) is 0. The Kier molecular flexibility index (Phi) is 3.29. The van der Waals surface area contributed by atoms with Gasteiger partial charge < -0.3 is 4.90 Å². The van der Waals surface area contributed by atoms with Crippen LogP contribution in [0.2, 0.25) is 0 Å². The lowest BCUT2D eigenvalue weighted by molar-refractivity contribution is 0.373. The van der Waals surface area contributed by atoms with Gasteiger partial charge in [-0.2, -0.15) is 5.10 Å². The molecule has 3 nitrogen and oxygen atoms in total. The molecule has 0 bridgehead atoms. The molecule has 0 atom stereocenters. The maximum absolute atomic E-state index is 4.25. The fraction of sp³-hybridized carbons (Fsp3) is 0.667. The molecular formula is C9H17N3. The third kappa shape index (κ3) is 2.66. The van der Waals surface area contributed by atoms with Crippen molar-refractivity contribution in [1.29, 1.82) is 0 Å². The number of hydrogen-bond donors (Lipinski definition) is 0. The van der Waals surface area contributed by atoms with Crippen LogP contribution in [0.25, 0.3) is 0 Å². The SMILES string of the molecule is CCc1cnn(CCN(C)C)c1. The normalized spacial score (nSPS) is 11.0. The second-order valence-corrected chi connectivity index (χ2v) is 3.27. The predicted octanol–water partition coefficient (Wildman–Crippen LogP) is 1.01. The van der Waals surface area contributed by atoms with Gasteiger partial charge in [0.05, 0.1) is 12.7 Å². The first-order chi connectivity index (χ1) is 5.72. The van der Waals surface area contributed by atoms with Gasteiger partial charge in [-0.3, -0.25) is 4.68 Å². The lowest BCUT2D eigenvalue weighted by Gasteiger charge is -2.08. The number of likely N-dealkylation sites (N-methyl/N-ethyl adjacent to an activating group) is 1. The molecule has 0 saturated heterocycles. The standard InChI is InChI=1S/C9H17N3/c1-4-9-7-10-12(8-9)6-5-11(2)3/h7-8H,4-6H2,1-3H3. The van der Waals surface area contributed by atoms with Crippen LogP contribution in [-0.2, 0) is 13.0 Å². The molecule has 68 valence electrons. The zero-order chi connectivity index (χ0) is 8.97. The van der Waals surface area contributed by atoms with E-state index >= 15 is 0 Å². The van der Waals surface area contributed by atoms with Crippen molar-refractivity contribution in [2.24, 2.45) is 0 Å². The van der Waals surface area contributed by atoms with Gasteiger partial charge in [0, 0.05) is 12.7 Å². The van der Waals surface area contributed by atoms with Gasteiger partial charge >= 0.3 is 0 Å². The van der Waals surface area contributed by atoms with Gasteiger partial charge in [0.2, 0.25) is 0 Å². The van der Waals surface area contributed by atoms with Crippen molar-refractivity contribution in [3.05, 3.63) is 18.0 Å². The minimum atomic E-state index is 0.979. The molecule has 0 aromatic carbocycles. The molecule has 0 amide bonds. The Morgan fingerprint density at radius 1 is 1.50 bits per heavy atom. The van der Waals surface area contributed by atoms with E-state index in [9.17, 15) is 0 Å². The van der Waals surface area contributed by atoms with Crippen LogP contribution in [-0.4, -0.2) is 35.3 Å². The summed E-state index contributed by atoms with van der Waals surface area (Å²) in [5.41, 5.74) is 1.31. The Balaban J connectivity index is 2.41. The lowest BCUT2D eigenvalue weighted by Crippen LogP contribution is -2.18. The average Bonchev–Trinajstić information content (AvgIpc) is 2.48. The first-order valence-corrected chi connectivity index (χ1v) is 4.38. The summed E-state index contributed by atoms with van der Waals surface area (Å²) >= 11 is 0. The zero-order valence-corrected chi connectivity index (χ0v) is 8.12. The highest BCUT2D eigenvalue weighted by Crippen LogP contribution is 1.97. The van der Waals surface area contributed by atoms with Crippen molar-refractivity contribution in [2.75, 3.05) is 20.6 Å². The zero-order valence-electron chi connectivity index (χ0n) is 8.12. The van der Waals surface area contributed by atoms with Crippen LogP contribution in [0.1, 0.15) is 12.5 Å². The summed E-state index contributed by atoms with van der Waals surface area (Å²) < 4.78 is 2.00. The van der Waals surface area contributed by atoms with Crippen molar-refractivity contribution in [3.8, 4) is 0 Å². The highest BCUT2D eigenvalue weighted by Gasteiger charge is 1.96. The molecule has 1 rings (SSSR count). The Bertz CT molecular complexity index is 227. The molecule has 0 aliphatic rings. The van der Waals surface area contributed by atoms with Crippen LogP contribution < -0.4 is 0 Å². The van der Waals surface area contributed by atoms with E-state index in [0.29, 0.717) is 0 Å². The molecule has 0 unspecified atom stereocenters. The number of rotatable bonds is 4. The van der Waals surface area contributed by atoms with Gasteiger partial charge in [-0.1, -0.05) is 6.92 Å². The summed E-state index contributed by atoms with van der Waals surface area (Å²) in [6.45, 7) is 4.17. The molecule has 1 aromatic rings. The molecule has 12 heavy (non-hydrogen) atoms. The number of hydrogen-bond acceptors (Lipinski definition) is 2. The van der Waals surface area contributed by atoms with Crippen LogP contribution >= 0.6 is 0 Å². The second kappa shape index (κ2) is 4.26. The summed E-state index contributed by atoms with van der Waals surface area (Å²) in [7, 11) is 4.15. The van der Waals surface area contributed by atoms with E-state index in [2.05, 4.69) is 37.2 Å². The first-order valence-electron chi connectivity index (χ1n) is 4.38. The van der Waals surface area contributed by atoms with Crippen molar-refractivity contribution in [2.45, 2.75) is 19.9 Å². The number of nitrogens with zero attached hydrogens (tertiary/aromatic N) is 3. The van der Waals surface area contributed by atoms with Crippen molar-refractivity contribution in [3.63, 3.8) is 0 Å². The molecule has 0 spiro atoms. The van der Waals surface area contributed by atoms with Gasteiger partial charge in [-0.25, -0.2) is 0 Å². The largest absolute Gasteiger partial charge is 0.308 e. The average molecular weight is 167 g/mol. The Morgan fingerprint density at radius 3 is 2.75 bits per heavy atom. The summed E-state index contributed by atoms with van der Waals surface area (Å²) in [6.07, 6.45) is 5.13. The Labute approximate surface area is 74.0 Å². The van der Waals surface area contributed by atoms with E-state index in [-0.39, 0.29) is 0 Å². The van der Waals surface area contributed by atoms with E-state index in [4.69, 9.17) is 0 Å². The van der Waals surface area contributed by atoms with E-state index in [1.54, 1.807) is 0 Å². The van der Waals surface area contributed by atoms with E-state index in [0.717, 1.165) is 19.5 Å². The maximum Gasteiger partial charge on any atom is 0.0536 e. The van der Waals surface area contributed by atoms with Gasteiger partial charge in [0.15, 0.2) is 0 Å². The molecule has 0 aliphatic heterocycles. The van der Waals surface area contributed by atoms with Crippen molar-refractivity contribution in [1.82, 2.24) is 14.7 Å². The molecular weight excluding hydrogens is 150 g/mol. The summed E-state index contributed by atoms with van der Waals surface area (Å²) in [5, 5.41) is 4.25. The molecule has 3 heteroatoms. The predicted molar refractivity (Wildman–Crippen MR) is 50.2 cm³/mol. The summed E-state index contributed by atoms with van der Waals surface area (Å²) in [4.78, 5) is 2.16. The molecule has 0 radical (unpaired) electrons. The van der Waals surface area contributed by atoms with Gasteiger partial charge in [0.1, 0.15) is 0 Å². The molecule has 1 aromatic heterocycles. The summed E-state index contributed by atoms with van der Waals surface area (Å²) in [5.74, 6) is 0. The van der Waals surface area contributed by atoms with Crippen molar-refractivity contribution >= 4 is 0 Å². The van der Waals surface area contributed by atoms with Gasteiger partial charge in [-0.15, -0.1) is 0 Å². The maximum atomic E-state index is 4.25. The van der Waals surface area contributed by atoms with Crippen LogP contribution in [0, 0.1) is 0 Å². The quantitative estimate of drug-likeness (QED) is 0.667. The molecule has 1 heterocycles. The van der Waals surface area contributed by atoms with Gasteiger partial charge in [0.25, 0.3) is 0 Å². The molecule has 0 aliphatic carbocycles. The van der Waals surface area contributed by atoms with E-state index < -0.39 is 0 Å². The number of aromatic nitrogens is 2. The van der Waals surface area contributed by atoms with Crippen LogP contribution in [0.3, 0.4) is 0 Å². The molecule has 0 N–H and O–H groups in total. The highest BCUT2D eigenvalue weighted by molar-refractivity contribution is 5.02. The van der Waals surface area contributed by atoms with Crippen LogP contribution in [0.5, 0.6) is 0 Å². The fourth-order valence-corrected chi connectivity index (χ4v) is 1.01. The van der Waals surface area contributed by atoms with Crippen LogP contribution in [0.4, 0.5) is 0 Å². The Hall–Kier alpha value is -0.830. The molecule has 0 saturated carbocycles. The fourth-order valence-electron chi connectivity index (χ4n) is 1.01. The third-order valence-corrected chi connectivity index (χ3v) is 1.87. The minimum Gasteiger partial charge on any atom is -0.308 e. The third-order valence-electron chi connectivity index (χ3n) is 1.87. The van der Waals surface area contributed by atoms with Crippen molar-refractivity contribution < 1.29 is 0 Å². The first kappa shape index (κ1) is 9.26. The highest BCUT2D eigenvalue weighted by atomic mass is 15.3. The van der Waals surface area contributed by atoms with Crippen LogP contribution in [0.15, 0.2) is 12.4 Å². The smallest absolute Gasteiger partial charge is 0.0536 e. The number of aryl methyl sites for hydroxylation is 1. The molecule has 0 fully saturated rings. The van der Waals surface area contributed by atoms with Gasteiger partial charge in [-0.05, 0) is 26.1 Å². The van der Waals surface area contributed by atoms with E-state index in [1.165, 1.54) is 5.56 Å². The lowest BCUT2D eigenvalue weighted by atomic mass is 10.3. The monoisotopic (exact) mass is 167 g/mol.